The second kappa shape index (κ2) is 7.72. The third-order valence-electron chi connectivity index (χ3n) is 4.28. The number of ether oxygens (including phenoxy) is 1. The maximum absolute atomic E-state index is 12.0. The minimum absolute atomic E-state index is 0.109. The van der Waals surface area contributed by atoms with E-state index in [9.17, 15) is 14.9 Å². The van der Waals surface area contributed by atoms with Gasteiger partial charge in [0.15, 0.2) is 0 Å². The van der Waals surface area contributed by atoms with Crippen LogP contribution in [-0.2, 0) is 4.74 Å². The number of rotatable bonds is 4. The van der Waals surface area contributed by atoms with Crippen molar-refractivity contribution in [3.63, 3.8) is 0 Å². The molecule has 0 unspecified atom stereocenters. The average molecular weight is 349 g/mol. The number of carbonyl (C=O) groups excluding carboxylic acids is 1. The fourth-order valence-electron chi connectivity index (χ4n) is 2.96. The number of benzene rings is 1. The third-order valence-corrected chi connectivity index (χ3v) is 4.28. The molecule has 0 saturated carbocycles. The molecule has 1 amide bonds. The van der Waals surface area contributed by atoms with Gasteiger partial charge in [0.2, 0.25) is 0 Å². The van der Waals surface area contributed by atoms with E-state index >= 15 is 0 Å². The Labute approximate surface area is 148 Å². The van der Waals surface area contributed by atoms with Gasteiger partial charge < -0.3 is 14.5 Å². The summed E-state index contributed by atoms with van der Waals surface area (Å²) in [6, 6.07) is 6.67. The van der Waals surface area contributed by atoms with Gasteiger partial charge in [-0.15, -0.1) is 0 Å². The van der Waals surface area contributed by atoms with Crippen molar-refractivity contribution in [1.82, 2.24) is 4.90 Å². The highest BCUT2D eigenvalue weighted by Gasteiger charge is 2.25. The Hall–Kier alpha value is -2.31. The molecular formula is C18H27N3O4. The summed E-state index contributed by atoms with van der Waals surface area (Å²) in [6.45, 7) is 8.03. The number of nitro groups is 1. The zero-order chi connectivity index (χ0) is 18.6. The average Bonchev–Trinajstić information content (AvgIpc) is 2.54. The van der Waals surface area contributed by atoms with Crippen LogP contribution in [0, 0.1) is 16.0 Å². The van der Waals surface area contributed by atoms with Crippen molar-refractivity contribution in [3.05, 3.63) is 34.4 Å². The van der Waals surface area contributed by atoms with Crippen molar-refractivity contribution in [2.45, 2.75) is 39.2 Å². The molecule has 1 aromatic rings. The van der Waals surface area contributed by atoms with E-state index in [1.807, 2.05) is 20.8 Å². The Morgan fingerprint density at radius 1 is 1.28 bits per heavy atom. The topological polar surface area (TPSA) is 75.9 Å². The molecule has 1 aromatic carbocycles. The monoisotopic (exact) mass is 349 g/mol. The highest BCUT2D eigenvalue weighted by molar-refractivity contribution is 5.67. The summed E-state index contributed by atoms with van der Waals surface area (Å²) in [6.07, 6.45) is 1.67. The van der Waals surface area contributed by atoms with Crippen LogP contribution in [0.2, 0.25) is 0 Å². The Kier molecular flexibility index (Phi) is 5.87. The summed E-state index contributed by atoms with van der Waals surface area (Å²) in [4.78, 5) is 26.3. The maximum atomic E-state index is 12.0. The highest BCUT2D eigenvalue weighted by atomic mass is 16.6. The van der Waals surface area contributed by atoms with E-state index in [0.717, 1.165) is 31.6 Å². The van der Waals surface area contributed by atoms with Crippen LogP contribution in [-0.4, -0.2) is 48.2 Å². The van der Waals surface area contributed by atoms with Crippen molar-refractivity contribution in [2.75, 3.05) is 31.6 Å². The summed E-state index contributed by atoms with van der Waals surface area (Å²) < 4.78 is 5.38. The van der Waals surface area contributed by atoms with Gasteiger partial charge in [0.25, 0.3) is 5.69 Å². The molecule has 25 heavy (non-hydrogen) atoms. The molecule has 7 heteroatoms. The molecule has 1 aliphatic rings. The minimum Gasteiger partial charge on any atom is -0.444 e. The zero-order valence-electron chi connectivity index (χ0n) is 15.4. The van der Waals surface area contributed by atoms with E-state index in [-0.39, 0.29) is 16.7 Å². The molecule has 2 rings (SSSR count). The fourth-order valence-corrected chi connectivity index (χ4v) is 2.96. The van der Waals surface area contributed by atoms with Crippen LogP contribution in [0.4, 0.5) is 16.2 Å². The van der Waals surface area contributed by atoms with Crippen LogP contribution in [0.1, 0.15) is 33.6 Å². The Balaban J connectivity index is 1.83. The van der Waals surface area contributed by atoms with Crippen LogP contribution in [0.3, 0.4) is 0 Å². The number of piperidine rings is 1. The van der Waals surface area contributed by atoms with E-state index in [1.54, 1.807) is 24.1 Å². The number of nitro benzene ring substituents is 1. The van der Waals surface area contributed by atoms with Gasteiger partial charge in [0.05, 0.1) is 4.92 Å². The number of non-ortho nitro benzene ring substituents is 1. The molecule has 0 bridgehead atoms. The van der Waals surface area contributed by atoms with E-state index in [4.69, 9.17) is 4.74 Å². The molecule has 0 radical (unpaired) electrons. The lowest BCUT2D eigenvalue weighted by atomic mass is 9.96. The summed E-state index contributed by atoms with van der Waals surface area (Å²) in [7, 11) is 1.77. The van der Waals surface area contributed by atoms with Gasteiger partial charge in [0.1, 0.15) is 5.60 Å². The van der Waals surface area contributed by atoms with Crippen LogP contribution in [0.5, 0.6) is 0 Å². The van der Waals surface area contributed by atoms with Gasteiger partial charge in [-0.25, -0.2) is 4.79 Å². The fraction of sp³-hybridized carbons (Fsp3) is 0.611. The molecule has 1 aliphatic heterocycles. The Morgan fingerprint density at radius 2 is 1.84 bits per heavy atom. The molecule has 1 fully saturated rings. The minimum atomic E-state index is -0.482. The first-order valence-electron chi connectivity index (χ1n) is 8.59. The van der Waals surface area contributed by atoms with Gasteiger partial charge in [-0.05, 0) is 51.7 Å². The summed E-state index contributed by atoms with van der Waals surface area (Å²) in [5.74, 6) is 0.437. The molecule has 1 saturated heterocycles. The van der Waals surface area contributed by atoms with Gasteiger partial charge in [-0.1, -0.05) is 0 Å². The van der Waals surface area contributed by atoms with Crippen LogP contribution in [0.15, 0.2) is 24.3 Å². The van der Waals surface area contributed by atoms with Gasteiger partial charge >= 0.3 is 6.09 Å². The van der Waals surface area contributed by atoms with E-state index in [1.165, 1.54) is 12.1 Å². The first-order chi connectivity index (χ1) is 11.7. The first-order valence-corrected chi connectivity index (χ1v) is 8.59. The van der Waals surface area contributed by atoms with Crippen molar-refractivity contribution >= 4 is 17.5 Å². The van der Waals surface area contributed by atoms with Crippen LogP contribution >= 0.6 is 0 Å². The Morgan fingerprint density at radius 3 is 2.32 bits per heavy atom. The van der Waals surface area contributed by atoms with Crippen molar-refractivity contribution < 1.29 is 14.5 Å². The number of amides is 1. The number of anilines is 1. The Bertz CT molecular complexity index is 602. The highest BCUT2D eigenvalue weighted by Crippen LogP contribution is 2.25. The number of hydrogen-bond acceptors (Lipinski definition) is 5. The number of nitrogens with zero attached hydrogens (tertiary/aromatic N) is 3. The standard InChI is InChI=1S/C18H27N3O4/c1-18(2,3)25-17(22)19(4)13-14-9-11-20(12-10-14)15-5-7-16(8-6-15)21(23)24/h5-8,14H,9-13H2,1-4H3. The smallest absolute Gasteiger partial charge is 0.410 e. The number of carbonyl (C=O) groups is 1. The molecule has 0 aromatic heterocycles. The molecular weight excluding hydrogens is 322 g/mol. The van der Waals surface area contributed by atoms with Crippen LogP contribution in [0.25, 0.3) is 0 Å². The predicted molar refractivity (Wildman–Crippen MR) is 96.9 cm³/mol. The van der Waals surface area contributed by atoms with Gasteiger partial charge in [0, 0.05) is 44.5 Å². The summed E-state index contributed by atoms with van der Waals surface area (Å²) in [5.41, 5.74) is 0.632. The lowest BCUT2D eigenvalue weighted by molar-refractivity contribution is -0.384. The van der Waals surface area contributed by atoms with E-state index in [2.05, 4.69) is 4.90 Å². The predicted octanol–water partition coefficient (Wildman–Crippen LogP) is 3.68. The molecule has 0 spiro atoms. The van der Waals surface area contributed by atoms with Crippen LogP contribution < -0.4 is 4.90 Å². The number of hydrogen-bond donors (Lipinski definition) is 0. The second-order valence-electron chi connectivity index (χ2n) is 7.56. The first kappa shape index (κ1) is 19.0. The van der Waals surface area contributed by atoms with Gasteiger partial charge in [-0.2, -0.15) is 0 Å². The second-order valence-corrected chi connectivity index (χ2v) is 7.56. The normalized spacial score (nSPS) is 15.8. The molecule has 1 heterocycles. The lowest BCUT2D eigenvalue weighted by Gasteiger charge is -2.35. The van der Waals surface area contributed by atoms with E-state index in [0.29, 0.717) is 12.5 Å². The van der Waals surface area contributed by atoms with Crippen molar-refractivity contribution in [3.8, 4) is 0 Å². The summed E-state index contributed by atoms with van der Waals surface area (Å²) >= 11 is 0. The molecule has 0 N–H and O–H groups in total. The molecule has 0 atom stereocenters. The van der Waals surface area contributed by atoms with E-state index < -0.39 is 5.60 Å². The quantitative estimate of drug-likeness (QED) is 0.612. The summed E-state index contributed by atoms with van der Waals surface area (Å²) in [5, 5.41) is 10.7. The molecule has 138 valence electrons. The van der Waals surface area contributed by atoms with Gasteiger partial charge in [-0.3, -0.25) is 10.1 Å². The SMILES string of the molecule is CN(CC1CCN(c2ccc([N+](=O)[O-])cc2)CC1)C(=O)OC(C)(C)C. The molecule has 0 aliphatic carbocycles. The lowest BCUT2D eigenvalue weighted by Crippen LogP contribution is -2.41. The maximum Gasteiger partial charge on any atom is 0.410 e. The van der Waals surface area contributed by atoms with Crippen molar-refractivity contribution in [1.29, 1.82) is 0 Å². The third kappa shape index (κ3) is 5.62. The molecule has 7 nitrogen and oxygen atoms in total. The van der Waals surface area contributed by atoms with Crippen molar-refractivity contribution in [2.24, 2.45) is 5.92 Å². The largest absolute Gasteiger partial charge is 0.444 e. The zero-order valence-corrected chi connectivity index (χ0v) is 15.4.